The summed E-state index contributed by atoms with van der Waals surface area (Å²) in [6.45, 7) is 0. The largest absolute Gasteiger partial charge is 0.496 e. The van der Waals surface area contributed by atoms with Crippen LogP contribution in [0.4, 0.5) is 5.13 Å². The van der Waals surface area contributed by atoms with Crippen molar-refractivity contribution in [1.82, 2.24) is 4.98 Å². The van der Waals surface area contributed by atoms with Gasteiger partial charge in [-0.05, 0) is 31.7 Å². The Bertz CT molecular complexity index is 658. The molecule has 0 fully saturated rings. The Morgan fingerprint density at radius 2 is 2.09 bits per heavy atom. The summed E-state index contributed by atoms with van der Waals surface area (Å²) in [4.78, 5) is 20.2. The number of methoxy groups -OCH3 is 1. The highest BCUT2D eigenvalue weighted by Crippen LogP contribution is 2.31. The van der Waals surface area contributed by atoms with E-state index in [-0.39, 0.29) is 5.91 Å². The predicted molar refractivity (Wildman–Crippen MR) is 88.9 cm³/mol. The molecule has 0 saturated heterocycles. The summed E-state index contributed by atoms with van der Waals surface area (Å²) < 4.78 is 5.31. The van der Waals surface area contributed by atoms with Crippen molar-refractivity contribution in [2.75, 3.05) is 19.1 Å². The van der Waals surface area contributed by atoms with E-state index in [1.165, 1.54) is 23.4 Å². The molecule has 0 N–H and O–H groups in total. The molecule has 2 aromatic rings. The number of ether oxygens (including phenoxy) is 1. The number of aryl methyl sites for hydroxylation is 2. The number of amides is 1. The lowest BCUT2D eigenvalue weighted by molar-refractivity contribution is -0.117. The molecule has 116 valence electrons. The van der Waals surface area contributed by atoms with Crippen molar-refractivity contribution in [3.05, 3.63) is 40.4 Å². The van der Waals surface area contributed by atoms with Gasteiger partial charge < -0.3 is 4.74 Å². The fraction of sp³-hybridized carbons (Fsp3) is 0.412. The summed E-state index contributed by atoms with van der Waals surface area (Å²) in [5.41, 5.74) is 2.09. The molecule has 1 heterocycles. The van der Waals surface area contributed by atoms with Crippen LogP contribution in [0.3, 0.4) is 0 Å². The summed E-state index contributed by atoms with van der Waals surface area (Å²) >= 11 is 1.66. The lowest BCUT2D eigenvalue weighted by Gasteiger charge is -2.15. The van der Waals surface area contributed by atoms with Crippen LogP contribution in [0.15, 0.2) is 24.3 Å². The van der Waals surface area contributed by atoms with Crippen LogP contribution >= 0.6 is 11.3 Å². The Labute approximate surface area is 134 Å². The number of likely N-dealkylation sites (N-methyl/N-ethyl adjacent to an activating group) is 1. The number of carbonyl (C=O) groups excluding carboxylic acids is 1. The standard InChI is InChI=1S/C17H20N2O2S/c1-19(17-18-13-8-4-6-10-15(13)22-17)16(20)11-12-7-3-5-9-14(12)21-2/h3,5,7,9H,4,6,8,10-11H2,1-2H3. The maximum absolute atomic E-state index is 12.5. The van der Waals surface area contributed by atoms with Crippen LogP contribution in [0.1, 0.15) is 29.0 Å². The van der Waals surface area contributed by atoms with Crippen molar-refractivity contribution in [3.63, 3.8) is 0 Å². The molecule has 1 aromatic heterocycles. The van der Waals surface area contributed by atoms with E-state index in [2.05, 4.69) is 4.98 Å². The third-order valence-electron chi connectivity index (χ3n) is 4.03. The molecule has 1 aliphatic rings. The van der Waals surface area contributed by atoms with Gasteiger partial charge in [-0.2, -0.15) is 0 Å². The Morgan fingerprint density at radius 1 is 1.32 bits per heavy atom. The first-order valence-electron chi connectivity index (χ1n) is 7.56. The minimum atomic E-state index is 0.0376. The number of nitrogens with zero attached hydrogens (tertiary/aromatic N) is 2. The smallest absolute Gasteiger partial charge is 0.233 e. The Balaban J connectivity index is 1.75. The van der Waals surface area contributed by atoms with Gasteiger partial charge in [0.25, 0.3) is 0 Å². The van der Waals surface area contributed by atoms with Crippen LogP contribution in [0.5, 0.6) is 5.75 Å². The molecule has 0 atom stereocenters. The van der Waals surface area contributed by atoms with Crippen molar-refractivity contribution >= 4 is 22.4 Å². The van der Waals surface area contributed by atoms with E-state index in [0.29, 0.717) is 6.42 Å². The van der Waals surface area contributed by atoms with Gasteiger partial charge in [0, 0.05) is 17.5 Å². The number of carbonyl (C=O) groups is 1. The maximum Gasteiger partial charge on any atom is 0.233 e. The minimum Gasteiger partial charge on any atom is -0.496 e. The van der Waals surface area contributed by atoms with Crippen molar-refractivity contribution in [2.24, 2.45) is 0 Å². The predicted octanol–water partition coefficient (Wildman–Crippen LogP) is 3.24. The lowest BCUT2D eigenvalue weighted by Crippen LogP contribution is -2.27. The summed E-state index contributed by atoms with van der Waals surface area (Å²) in [5.74, 6) is 0.790. The molecular formula is C17H20N2O2S. The van der Waals surface area contributed by atoms with Crippen molar-refractivity contribution in [1.29, 1.82) is 0 Å². The average molecular weight is 316 g/mol. The molecular weight excluding hydrogens is 296 g/mol. The second kappa shape index (κ2) is 6.48. The molecule has 3 rings (SSSR count). The Morgan fingerprint density at radius 3 is 2.86 bits per heavy atom. The third kappa shape index (κ3) is 2.99. The van der Waals surface area contributed by atoms with Crippen LogP contribution < -0.4 is 9.64 Å². The molecule has 0 unspecified atom stereocenters. The van der Waals surface area contributed by atoms with Gasteiger partial charge in [-0.25, -0.2) is 4.98 Å². The average Bonchev–Trinajstić information content (AvgIpc) is 2.98. The van der Waals surface area contributed by atoms with Gasteiger partial charge in [0.1, 0.15) is 5.75 Å². The molecule has 0 saturated carbocycles. The van der Waals surface area contributed by atoms with Crippen molar-refractivity contribution in [3.8, 4) is 5.75 Å². The number of fused-ring (bicyclic) bond motifs is 1. The summed E-state index contributed by atoms with van der Waals surface area (Å²) in [5, 5.41) is 0.812. The molecule has 1 aliphatic carbocycles. The molecule has 22 heavy (non-hydrogen) atoms. The number of benzene rings is 1. The first-order chi connectivity index (χ1) is 10.7. The fourth-order valence-electron chi connectivity index (χ4n) is 2.72. The van der Waals surface area contributed by atoms with Gasteiger partial charge in [0.05, 0.1) is 19.2 Å². The van der Waals surface area contributed by atoms with Gasteiger partial charge in [0.15, 0.2) is 5.13 Å². The summed E-state index contributed by atoms with van der Waals surface area (Å²) in [6.07, 6.45) is 4.90. The van der Waals surface area contributed by atoms with Crippen molar-refractivity contribution < 1.29 is 9.53 Å². The quantitative estimate of drug-likeness (QED) is 0.869. The zero-order valence-corrected chi connectivity index (χ0v) is 13.8. The highest BCUT2D eigenvalue weighted by atomic mass is 32.1. The minimum absolute atomic E-state index is 0.0376. The Hall–Kier alpha value is -1.88. The lowest BCUT2D eigenvalue weighted by atomic mass is 10.0. The van der Waals surface area contributed by atoms with Gasteiger partial charge in [-0.15, -0.1) is 11.3 Å². The number of rotatable bonds is 4. The van der Waals surface area contributed by atoms with Crippen LogP contribution in [0.2, 0.25) is 0 Å². The SMILES string of the molecule is COc1ccccc1CC(=O)N(C)c1nc2c(s1)CCCC2. The summed E-state index contributed by atoms with van der Waals surface area (Å²) in [6, 6.07) is 7.64. The van der Waals surface area contributed by atoms with E-state index >= 15 is 0 Å². The van der Waals surface area contributed by atoms with Crippen LogP contribution in [0, 0.1) is 0 Å². The van der Waals surface area contributed by atoms with Gasteiger partial charge in [-0.3, -0.25) is 9.69 Å². The zero-order chi connectivity index (χ0) is 15.5. The summed E-state index contributed by atoms with van der Waals surface area (Å²) in [7, 11) is 3.43. The van der Waals surface area contributed by atoms with E-state index in [9.17, 15) is 4.79 Å². The van der Waals surface area contributed by atoms with E-state index in [4.69, 9.17) is 4.74 Å². The zero-order valence-electron chi connectivity index (χ0n) is 13.0. The second-order valence-electron chi connectivity index (χ2n) is 5.51. The number of hydrogen-bond donors (Lipinski definition) is 0. The molecule has 5 heteroatoms. The van der Waals surface area contributed by atoms with Gasteiger partial charge in [-0.1, -0.05) is 18.2 Å². The maximum atomic E-state index is 12.5. The normalized spacial score (nSPS) is 13.5. The van der Waals surface area contributed by atoms with E-state index < -0.39 is 0 Å². The number of thiazole rings is 1. The number of hydrogen-bond acceptors (Lipinski definition) is 4. The molecule has 0 radical (unpaired) electrons. The molecule has 4 nitrogen and oxygen atoms in total. The highest BCUT2D eigenvalue weighted by molar-refractivity contribution is 7.15. The first kappa shape index (κ1) is 15.0. The van der Waals surface area contributed by atoms with Crippen LogP contribution in [0.25, 0.3) is 0 Å². The van der Waals surface area contributed by atoms with Crippen LogP contribution in [-0.4, -0.2) is 25.0 Å². The van der Waals surface area contributed by atoms with E-state index in [0.717, 1.165) is 29.3 Å². The van der Waals surface area contributed by atoms with Crippen molar-refractivity contribution in [2.45, 2.75) is 32.1 Å². The number of para-hydroxylation sites is 1. The van der Waals surface area contributed by atoms with Gasteiger partial charge in [0.2, 0.25) is 5.91 Å². The number of anilines is 1. The third-order valence-corrected chi connectivity index (χ3v) is 5.26. The second-order valence-corrected chi connectivity index (χ2v) is 6.58. The first-order valence-corrected chi connectivity index (χ1v) is 8.37. The van der Waals surface area contributed by atoms with E-state index in [1.54, 1.807) is 23.3 Å². The van der Waals surface area contributed by atoms with Gasteiger partial charge >= 0.3 is 0 Å². The molecule has 1 aromatic carbocycles. The number of aromatic nitrogens is 1. The molecule has 1 amide bonds. The Kier molecular flexibility index (Phi) is 4.43. The molecule has 0 spiro atoms. The van der Waals surface area contributed by atoms with Crippen LogP contribution in [-0.2, 0) is 24.1 Å². The highest BCUT2D eigenvalue weighted by Gasteiger charge is 2.21. The fourth-order valence-corrected chi connectivity index (χ4v) is 3.85. The van der Waals surface area contributed by atoms with E-state index in [1.807, 2.05) is 31.3 Å². The monoisotopic (exact) mass is 316 g/mol. The molecule has 0 aliphatic heterocycles. The topological polar surface area (TPSA) is 42.4 Å². The molecule has 0 bridgehead atoms.